The van der Waals surface area contributed by atoms with E-state index in [1.807, 2.05) is 10.9 Å². The molecule has 0 radical (unpaired) electrons. The van der Waals surface area contributed by atoms with Crippen LogP contribution in [-0.4, -0.2) is 46.4 Å². The monoisotopic (exact) mass is 481 g/mol. The molecule has 10 heteroatoms. The predicted octanol–water partition coefficient (Wildman–Crippen LogP) is 4.24. The zero-order chi connectivity index (χ0) is 24.8. The Labute approximate surface area is 208 Å². The quantitative estimate of drug-likeness (QED) is 0.366. The van der Waals surface area contributed by atoms with Gasteiger partial charge in [0.15, 0.2) is 11.5 Å². The van der Waals surface area contributed by atoms with Crippen LogP contribution in [0.2, 0.25) is 0 Å². The normalized spacial score (nSPS) is 13.6. The molecule has 6 rings (SSSR count). The first-order chi connectivity index (χ1) is 17.5. The van der Waals surface area contributed by atoms with Gasteiger partial charge in [0.1, 0.15) is 23.5 Å². The Morgan fingerprint density at radius 2 is 1.86 bits per heavy atom. The summed E-state index contributed by atoms with van der Waals surface area (Å²) in [7, 11) is 1.61. The molecule has 0 saturated heterocycles. The molecule has 0 bridgehead atoms. The number of aromatic nitrogens is 8. The minimum atomic E-state index is 0.267. The first kappa shape index (κ1) is 22.1. The fraction of sp³-hybridized carbons (Fsp3) is 0.308. The van der Waals surface area contributed by atoms with Crippen molar-refractivity contribution in [3.63, 3.8) is 0 Å². The first-order valence-electron chi connectivity index (χ1n) is 12.0. The second kappa shape index (κ2) is 8.71. The third-order valence-corrected chi connectivity index (χ3v) is 6.45. The number of rotatable bonds is 7. The number of benzene rings is 1. The lowest BCUT2D eigenvalue weighted by Crippen LogP contribution is -2.05. The van der Waals surface area contributed by atoms with E-state index in [9.17, 15) is 0 Å². The van der Waals surface area contributed by atoms with Crippen molar-refractivity contribution in [1.29, 1.82) is 0 Å². The Kier molecular flexibility index (Phi) is 5.36. The number of fused-ring (bicyclic) bond motifs is 1. The summed E-state index contributed by atoms with van der Waals surface area (Å²) in [5.41, 5.74) is 10.5. The highest BCUT2D eigenvalue weighted by molar-refractivity contribution is 5.77. The summed E-state index contributed by atoms with van der Waals surface area (Å²) in [6, 6.07) is 8.56. The SMILES string of the molecule is COc1ncnc(C2CC2)c1-c1ncc2cnn(Cc3ccc(-c4nc(N)cn4C(C)C)cc3)c2n1. The van der Waals surface area contributed by atoms with Gasteiger partial charge < -0.3 is 15.0 Å². The predicted molar refractivity (Wildman–Crippen MR) is 136 cm³/mol. The number of hydrogen-bond acceptors (Lipinski definition) is 8. The second-order valence-corrected chi connectivity index (χ2v) is 9.38. The minimum Gasteiger partial charge on any atom is -0.480 e. The van der Waals surface area contributed by atoms with Gasteiger partial charge in [0.2, 0.25) is 5.88 Å². The van der Waals surface area contributed by atoms with Crippen molar-refractivity contribution in [3.8, 4) is 28.7 Å². The maximum atomic E-state index is 5.96. The van der Waals surface area contributed by atoms with Crippen LogP contribution < -0.4 is 10.5 Å². The van der Waals surface area contributed by atoms with E-state index in [4.69, 9.17) is 15.5 Å². The third kappa shape index (κ3) is 3.94. The molecular formula is C26H27N9O. The van der Waals surface area contributed by atoms with E-state index in [0.29, 0.717) is 30.0 Å². The average Bonchev–Trinajstić information content (AvgIpc) is 3.56. The Hall–Kier alpha value is -4.34. The summed E-state index contributed by atoms with van der Waals surface area (Å²) < 4.78 is 9.51. The van der Waals surface area contributed by atoms with Crippen molar-refractivity contribution in [3.05, 3.63) is 60.4 Å². The van der Waals surface area contributed by atoms with Gasteiger partial charge in [-0.15, -0.1) is 0 Å². The maximum absolute atomic E-state index is 5.96. The molecule has 1 fully saturated rings. The second-order valence-electron chi connectivity index (χ2n) is 9.38. The Morgan fingerprint density at radius 1 is 1.06 bits per heavy atom. The van der Waals surface area contributed by atoms with Crippen LogP contribution in [0.1, 0.15) is 49.9 Å². The van der Waals surface area contributed by atoms with Gasteiger partial charge in [0.25, 0.3) is 0 Å². The molecule has 10 nitrogen and oxygen atoms in total. The van der Waals surface area contributed by atoms with Gasteiger partial charge in [0, 0.05) is 29.9 Å². The summed E-state index contributed by atoms with van der Waals surface area (Å²) in [6.07, 6.45) is 9.22. The highest BCUT2D eigenvalue weighted by Crippen LogP contribution is 2.44. The minimum absolute atomic E-state index is 0.267. The lowest BCUT2D eigenvalue weighted by molar-refractivity contribution is 0.397. The lowest BCUT2D eigenvalue weighted by atomic mass is 10.1. The van der Waals surface area contributed by atoms with Crippen LogP contribution in [0.15, 0.2) is 49.2 Å². The van der Waals surface area contributed by atoms with Crippen molar-refractivity contribution in [2.24, 2.45) is 0 Å². The highest BCUT2D eigenvalue weighted by Gasteiger charge is 2.31. The number of nitrogens with two attached hydrogens (primary N) is 1. The largest absolute Gasteiger partial charge is 0.480 e. The molecule has 5 aromatic rings. The summed E-state index contributed by atoms with van der Waals surface area (Å²) in [4.78, 5) is 22.8. The van der Waals surface area contributed by atoms with Crippen LogP contribution in [0.5, 0.6) is 5.88 Å². The van der Waals surface area contributed by atoms with Crippen molar-refractivity contribution >= 4 is 16.9 Å². The molecule has 4 heterocycles. The topological polar surface area (TPSA) is 122 Å². The van der Waals surface area contributed by atoms with E-state index in [1.54, 1.807) is 25.8 Å². The fourth-order valence-electron chi connectivity index (χ4n) is 4.47. The van der Waals surface area contributed by atoms with E-state index in [1.165, 1.54) is 0 Å². The van der Waals surface area contributed by atoms with E-state index in [2.05, 4.69) is 67.7 Å². The molecule has 0 unspecified atom stereocenters. The third-order valence-electron chi connectivity index (χ3n) is 6.45. The summed E-state index contributed by atoms with van der Waals surface area (Å²) in [5.74, 6) is 2.83. The highest BCUT2D eigenvalue weighted by atomic mass is 16.5. The molecule has 0 amide bonds. The molecule has 36 heavy (non-hydrogen) atoms. The van der Waals surface area contributed by atoms with Crippen LogP contribution in [0.3, 0.4) is 0 Å². The van der Waals surface area contributed by atoms with Crippen molar-refractivity contribution < 1.29 is 4.74 Å². The van der Waals surface area contributed by atoms with E-state index >= 15 is 0 Å². The summed E-state index contributed by atoms with van der Waals surface area (Å²) in [5, 5.41) is 5.45. The van der Waals surface area contributed by atoms with Gasteiger partial charge in [-0.1, -0.05) is 24.3 Å². The molecule has 4 aromatic heterocycles. The molecule has 0 atom stereocenters. The molecular weight excluding hydrogens is 454 g/mol. The molecule has 1 aromatic carbocycles. The standard InChI is InChI=1S/C26H27N9O/c1-15(2)34-13-20(27)32-24(34)18-6-4-16(5-7-18)12-35-25-19(11-31-35)10-28-23(33-25)21-22(17-8-9-17)29-14-30-26(21)36-3/h4-7,10-11,13-15,17H,8-9,12,27H2,1-3H3. The molecule has 1 aliphatic carbocycles. The Morgan fingerprint density at radius 3 is 2.58 bits per heavy atom. The smallest absolute Gasteiger partial charge is 0.227 e. The van der Waals surface area contributed by atoms with Crippen molar-refractivity contribution in [2.75, 3.05) is 12.8 Å². The van der Waals surface area contributed by atoms with Crippen LogP contribution in [0, 0.1) is 0 Å². The van der Waals surface area contributed by atoms with Gasteiger partial charge >= 0.3 is 0 Å². The first-order valence-corrected chi connectivity index (χ1v) is 12.0. The van der Waals surface area contributed by atoms with Gasteiger partial charge in [0.05, 0.1) is 30.9 Å². The van der Waals surface area contributed by atoms with Crippen molar-refractivity contribution in [2.45, 2.75) is 45.2 Å². The molecule has 182 valence electrons. The van der Waals surface area contributed by atoms with Crippen LogP contribution in [-0.2, 0) is 6.54 Å². The Balaban J connectivity index is 1.33. The van der Waals surface area contributed by atoms with E-state index < -0.39 is 0 Å². The summed E-state index contributed by atoms with van der Waals surface area (Å²) >= 11 is 0. The molecule has 1 aliphatic rings. The fourth-order valence-corrected chi connectivity index (χ4v) is 4.47. The maximum Gasteiger partial charge on any atom is 0.227 e. The number of anilines is 1. The number of ether oxygens (including phenoxy) is 1. The van der Waals surface area contributed by atoms with Crippen LogP contribution in [0.25, 0.3) is 33.8 Å². The zero-order valence-electron chi connectivity index (χ0n) is 20.5. The zero-order valence-corrected chi connectivity index (χ0v) is 20.5. The van der Waals surface area contributed by atoms with Gasteiger partial charge in [-0.3, -0.25) is 0 Å². The van der Waals surface area contributed by atoms with Gasteiger partial charge in [-0.25, -0.2) is 29.6 Å². The molecule has 2 N–H and O–H groups in total. The lowest BCUT2D eigenvalue weighted by Gasteiger charge is -2.12. The number of hydrogen-bond donors (Lipinski definition) is 1. The number of nitrogens with zero attached hydrogens (tertiary/aromatic N) is 8. The summed E-state index contributed by atoms with van der Waals surface area (Å²) in [6.45, 7) is 4.80. The molecule has 1 saturated carbocycles. The molecule has 0 aliphatic heterocycles. The van der Waals surface area contributed by atoms with Crippen LogP contribution >= 0.6 is 0 Å². The number of nitrogen functional groups attached to an aromatic ring is 1. The Bertz CT molecular complexity index is 1550. The van der Waals surface area contributed by atoms with E-state index in [0.717, 1.165) is 52.1 Å². The van der Waals surface area contributed by atoms with Crippen molar-refractivity contribution in [1.82, 2.24) is 39.3 Å². The van der Waals surface area contributed by atoms with Gasteiger partial charge in [-0.05, 0) is 32.3 Å². The number of imidazole rings is 1. The van der Waals surface area contributed by atoms with E-state index in [-0.39, 0.29) is 6.04 Å². The number of methoxy groups -OCH3 is 1. The molecule has 0 spiro atoms. The van der Waals surface area contributed by atoms with Gasteiger partial charge in [-0.2, -0.15) is 5.10 Å². The van der Waals surface area contributed by atoms with Crippen LogP contribution in [0.4, 0.5) is 5.82 Å². The average molecular weight is 482 g/mol.